The average molecular weight is 391 g/mol. The lowest BCUT2D eigenvalue weighted by molar-refractivity contribution is 0.0695. The van der Waals surface area contributed by atoms with Gasteiger partial charge in [0.2, 0.25) is 5.43 Å². The number of benzene rings is 1. The van der Waals surface area contributed by atoms with Crippen LogP contribution in [-0.4, -0.2) is 34.7 Å². The van der Waals surface area contributed by atoms with E-state index in [1.807, 2.05) is 41.9 Å². The first-order chi connectivity index (χ1) is 14.0. The molecule has 1 aliphatic carbocycles. The molecule has 5 rings (SSSR count). The first-order valence-electron chi connectivity index (χ1n) is 9.64. The summed E-state index contributed by atoms with van der Waals surface area (Å²) in [6, 6.07) is 5.89. The van der Waals surface area contributed by atoms with Crippen molar-refractivity contribution in [3.63, 3.8) is 0 Å². The molecule has 29 heavy (non-hydrogen) atoms. The highest BCUT2D eigenvalue weighted by atomic mass is 16.5. The van der Waals surface area contributed by atoms with Gasteiger partial charge in [0.15, 0.2) is 0 Å². The normalized spacial score (nSPS) is 15.5. The van der Waals surface area contributed by atoms with E-state index in [0.717, 1.165) is 46.4 Å². The molecule has 0 saturated heterocycles. The van der Waals surface area contributed by atoms with Crippen LogP contribution in [0.15, 0.2) is 35.4 Å². The Morgan fingerprint density at radius 1 is 1.24 bits per heavy atom. The lowest BCUT2D eigenvalue weighted by Gasteiger charge is -2.18. The number of carboxylic acid groups (broad SMARTS) is 1. The molecule has 3 heterocycles. The predicted octanol–water partition coefficient (Wildman–Crippen LogP) is 3.19. The van der Waals surface area contributed by atoms with Crippen LogP contribution in [0, 0.1) is 0 Å². The summed E-state index contributed by atoms with van der Waals surface area (Å²) in [5.74, 6) is -0.333. The molecular weight excluding hydrogens is 370 g/mol. The number of fused-ring (bicyclic) bond motifs is 5. The lowest BCUT2D eigenvalue weighted by Crippen LogP contribution is -2.19. The number of anilines is 1. The minimum atomic E-state index is -1.19. The van der Waals surface area contributed by atoms with E-state index in [2.05, 4.69) is 4.98 Å². The third-order valence-corrected chi connectivity index (χ3v) is 5.70. The molecule has 2 aliphatic rings. The van der Waals surface area contributed by atoms with Crippen molar-refractivity contribution in [2.24, 2.45) is 0 Å². The fraction of sp³-hybridized carbons (Fsp3) is 0.318. The molecule has 148 valence electrons. The van der Waals surface area contributed by atoms with Gasteiger partial charge in [-0.3, -0.25) is 4.79 Å². The van der Waals surface area contributed by atoms with E-state index in [9.17, 15) is 14.7 Å². The smallest absolute Gasteiger partial charge is 0.341 e. The van der Waals surface area contributed by atoms with E-state index >= 15 is 0 Å². The van der Waals surface area contributed by atoms with Crippen LogP contribution in [0.1, 0.15) is 40.4 Å². The van der Waals surface area contributed by atoms with E-state index in [1.54, 1.807) is 6.07 Å². The minimum Gasteiger partial charge on any atom is -0.477 e. The zero-order valence-corrected chi connectivity index (χ0v) is 16.3. The molecule has 1 fully saturated rings. The maximum absolute atomic E-state index is 12.8. The van der Waals surface area contributed by atoms with E-state index in [-0.39, 0.29) is 11.6 Å². The largest absolute Gasteiger partial charge is 0.477 e. The molecule has 0 bridgehead atoms. The van der Waals surface area contributed by atoms with Gasteiger partial charge in [-0.2, -0.15) is 0 Å². The molecule has 1 saturated carbocycles. The van der Waals surface area contributed by atoms with Gasteiger partial charge in [-0.05, 0) is 36.1 Å². The Bertz CT molecular complexity index is 1220. The Balaban J connectivity index is 1.82. The summed E-state index contributed by atoms with van der Waals surface area (Å²) >= 11 is 0. The number of aromatic nitrogens is 2. The van der Waals surface area contributed by atoms with Gasteiger partial charge in [0.1, 0.15) is 11.4 Å². The number of rotatable bonds is 3. The van der Waals surface area contributed by atoms with Crippen LogP contribution in [-0.2, 0) is 18.0 Å². The minimum absolute atomic E-state index is 0.184. The third kappa shape index (κ3) is 2.81. The van der Waals surface area contributed by atoms with E-state index in [0.29, 0.717) is 18.6 Å². The molecular formula is C22H21N3O4. The Kier molecular flexibility index (Phi) is 3.96. The summed E-state index contributed by atoms with van der Waals surface area (Å²) in [5.41, 5.74) is 4.09. The standard InChI is InChI=1S/C22H21N3O4/c1-24(2)19-7-12-10-29-11-18-14(16(12)8-23-19)5-6-15-20(18)25(13-3-4-13)9-17(21(15)26)22(27)28/h5-9,13H,3-4,10-11H2,1-2H3,(H,27,28). The van der Waals surface area contributed by atoms with Crippen LogP contribution < -0.4 is 10.3 Å². The van der Waals surface area contributed by atoms with Crippen LogP contribution in [0.3, 0.4) is 0 Å². The first kappa shape index (κ1) is 17.9. The number of carboxylic acids is 1. The van der Waals surface area contributed by atoms with Crippen LogP contribution in [0.5, 0.6) is 0 Å². The maximum Gasteiger partial charge on any atom is 0.341 e. The second-order valence-corrected chi connectivity index (χ2v) is 7.89. The van der Waals surface area contributed by atoms with Crippen molar-refractivity contribution in [1.82, 2.24) is 9.55 Å². The lowest BCUT2D eigenvalue weighted by atomic mass is 9.95. The zero-order valence-electron chi connectivity index (χ0n) is 16.3. The van der Waals surface area contributed by atoms with Crippen LogP contribution >= 0.6 is 0 Å². The van der Waals surface area contributed by atoms with E-state index in [4.69, 9.17) is 4.74 Å². The number of aromatic carboxylic acids is 1. The topological polar surface area (TPSA) is 84.7 Å². The Morgan fingerprint density at radius 3 is 2.72 bits per heavy atom. The van der Waals surface area contributed by atoms with Crippen molar-refractivity contribution < 1.29 is 14.6 Å². The van der Waals surface area contributed by atoms with Crippen molar-refractivity contribution in [1.29, 1.82) is 0 Å². The molecule has 0 radical (unpaired) electrons. The van der Waals surface area contributed by atoms with Gasteiger partial charge < -0.3 is 19.3 Å². The molecule has 7 nitrogen and oxygen atoms in total. The molecule has 2 aromatic heterocycles. The summed E-state index contributed by atoms with van der Waals surface area (Å²) < 4.78 is 7.95. The average Bonchev–Trinajstić information content (AvgIpc) is 3.54. The van der Waals surface area contributed by atoms with Gasteiger partial charge in [0.25, 0.3) is 0 Å². The number of carbonyl (C=O) groups is 1. The Morgan fingerprint density at radius 2 is 2.03 bits per heavy atom. The summed E-state index contributed by atoms with van der Waals surface area (Å²) in [6.07, 6.45) is 5.32. The highest BCUT2D eigenvalue weighted by molar-refractivity contribution is 5.96. The maximum atomic E-state index is 12.8. The highest BCUT2D eigenvalue weighted by Crippen LogP contribution is 2.41. The van der Waals surface area contributed by atoms with Gasteiger partial charge in [-0.25, -0.2) is 9.78 Å². The SMILES string of the molecule is CN(C)c1cc2c(cn1)-c1ccc3c(=O)c(C(=O)O)cn(C4CC4)c3c1COC2. The summed E-state index contributed by atoms with van der Waals surface area (Å²) in [7, 11) is 3.89. The highest BCUT2D eigenvalue weighted by Gasteiger charge is 2.29. The number of hydrogen-bond donors (Lipinski definition) is 1. The molecule has 0 atom stereocenters. The molecule has 1 aliphatic heterocycles. The van der Waals surface area contributed by atoms with Crippen molar-refractivity contribution in [2.45, 2.75) is 32.1 Å². The number of ether oxygens (including phenoxy) is 1. The van der Waals surface area contributed by atoms with Gasteiger partial charge >= 0.3 is 5.97 Å². The molecule has 1 aromatic carbocycles. The Labute approximate surface area is 167 Å². The molecule has 7 heteroatoms. The molecule has 3 aromatic rings. The summed E-state index contributed by atoms with van der Waals surface area (Å²) in [5, 5.41) is 9.92. The van der Waals surface area contributed by atoms with Gasteiger partial charge in [-0.1, -0.05) is 6.07 Å². The summed E-state index contributed by atoms with van der Waals surface area (Å²) in [4.78, 5) is 31.0. The number of pyridine rings is 2. The van der Waals surface area contributed by atoms with Crippen molar-refractivity contribution in [3.8, 4) is 11.1 Å². The zero-order chi connectivity index (χ0) is 20.3. The van der Waals surface area contributed by atoms with Crippen molar-refractivity contribution in [2.75, 3.05) is 19.0 Å². The second kappa shape index (κ2) is 6.42. The predicted molar refractivity (Wildman–Crippen MR) is 109 cm³/mol. The fourth-order valence-electron chi connectivity index (χ4n) is 4.07. The molecule has 0 spiro atoms. The number of nitrogens with zero attached hydrogens (tertiary/aromatic N) is 3. The fourth-order valence-corrected chi connectivity index (χ4v) is 4.07. The van der Waals surface area contributed by atoms with Gasteiger partial charge in [0.05, 0.1) is 18.7 Å². The third-order valence-electron chi connectivity index (χ3n) is 5.70. The quantitative estimate of drug-likeness (QED) is 0.738. The van der Waals surface area contributed by atoms with Crippen LogP contribution in [0.25, 0.3) is 22.0 Å². The number of hydrogen-bond acceptors (Lipinski definition) is 5. The molecule has 0 amide bonds. The summed E-state index contributed by atoms with van der Waals surface area (Å²) in [6.45, 7) is 0.812. The first-order valence-corrected chi connectivity index (χ1v) is 9.64. The van der Waals surface area contributed by atoms with Crippen LogP contribution in [0.4, 0.5) is 5.82 Å². The molecule has 1 N–H and O–H groups in total. The van der Waals surface area contributed by atoms with Crippen molar-refractivity contribution in [3.05, 3.63) is 57.5 Å². The molecule has 0 unspecified atom stereocenters. The van der Waals surface area contributed by atoms with Crippen molar-refractivity contribution >= 4 is 22.7 Å². The van der Waals surface area contributed by atoms with Gasteiger partial charge in [0, 0.05) is 49.0 Å². The van der Waals surface area contributed by atoms with E-state index < -0.39 is 11.4 Å². The van der Waals surface area contributed by atoms with Crippen LogP contribution in [0.2, 0.25) is 0 Å². The second-order valence-electron chi connectivity index (χ2n) is 7.89. The van der Waals surface area contributed by atoms with Gasteiger partial charge in [-0.15, -0.1) is 0 Å². The monoisotopic (exact) mass is 391 g/mol. The Hall–Kier alpha value is -3.19. The van der Waals surface area contributed by atoms with E-state index in [1.165, 1.54) is 6.20 Å².